The van der Waals surface area contributed by atoms with Crippen LogP contribution in [0.1, 0.15) is 19.3 Å². The molecule has 0 radical (unpaired) electrons. The summed E-state index contributed by atoms with van der Waals surface area (Å²) in [5.41, 5.74) is 1.55. The SMILES string of the molecule is O=C(Nc1ccccc1)[C@H]1CCCN(C(=O)C[C@H]2Sc3ccccc3NC2=O)C1. The molecule has 0 unspecified atom stereocenters. The van der Waals surface area contributed by atoms with Crippen LogP contribution in [0.15, 0.2) is 59.5 Å². The van der Waals surface area contributed by atoms with Gasteiger partial charge in [0.1, 0.15) is 0 Å². The fraction of sp³-hybridized carbons (Fsp3) is 0.318. The van der Waals surface area contributed by atoms with Crippen LogP contribution in [0.2, 0.25) is 0 Å². The van der Waals surface area contributed by atoms with E-state index in [2.05, 4.69) is 10.6 Å². The second-order valence-corrected chi connectivity index (χ2v) is 8.57. The Morgan fingerprint density at radius 1 is 1.10 bits per heavy atom. The quantitative estimate of drug-likeness (QED) is 0.812. The number of likely N-dealkylation sites (tertiary alicyclic amines) is 1. The molecule has 2 aliphatic rings. The lowest BCUT2D eigenvalue weighted by molar-refractivity contribution is -0.135. The minimum atomic E-state index is -0.448. The Kier molecular flexibility index (Phi) is 5.85. The standard InChI is InChI=1S/C22H23N3O3S/c26-20(13-19-22(28)24-17-10-4-5-11-18(17)29-19)25-12-6-7-15(14-25)21(27)23-16-8-2-1-3-9-16/h1-5,8-11,15,19H,6-7,12-14H2,(H,23,27)(H,24,28)/t15-,19+/m0/s1. The number of benzene rings is 2. The number of carbonyl (C=O) groups is 3. The van der Waals surface area contributed by atoms with E-state index in [1.807, 2.05) is 54.6 Å². The number of hydrogen-bond donors (Lipinski definition) is 2. The van der Waals surface area contributed by atoms with Crippen LogP contribution in [0.5, 0.6) is 0 Å². The smallest absolute Gasteiger partial charge is 0.238 e. The maximum atomic E-state index is 12.9. The molecule has 2 atom stereocenters. The van der Waals surface area contributed by atoms with Gasteiger partial charge in [0.05, 0.1) is 16.9 Å². The van der Waals surface area contributed by atoms with Gasteiger partial charge in [-0.05, 0) is 37.1 Å². The van der Waals surface area contributed by atoms with Crippen molar-refractivity contribution in [2.75, 3.05) is 23.7 Å². The largest absolute Gasteiger partial charge is 0.342 e. The van der Waals surface area contributed by atoms with Crippen LogP contribution in [0.25, 0.3) is 0 Å². The topological polar surface area (TPSA) is 78.5 Å². The van der Waals surface area contributed by atoms with Gasteiger partial charge in [-0.2, -0.15) is 0 Å². The molecule has 29 heavy (non-hydrogen) atoms. The number of hydrogen-bond acceptors (Lipinski definition) is 4. The summed E-state index contributed by atoms with van der Waals surface area (Å²) < 4.78 is 0. The summed E-state index contributed by atoms with van der Waals surface area (Å²) in [5.74, 6) is -0.513. The highest BCUT2D eigenvalue weighted by atomic mass is 32.2. The van der Waals surface area contributed by atoms with Gasteiger partial charge in [-0.25, -0.2) is 0 Å². The molecule has 0 bridgehead atoms. The molecule has 0 aromatic heterocycles. The van der Waals surface area contributed by atoms with Crippen LogP contribution in [0.3, 0.4) is 0 Å². The molecule has 1 saturated heterocycles. The first kappa shape index (κ1) is 19.5. The van der Waals surface area contributed by atoms with Gasteiger partial charge < -0.3 is 15.5 Å². The lowest BCUT2D eigenvalue weighted by Crippen LogP contribution is -2.45. The highest BCUT2D eigenvalue weighted by molar-refractivity contribution is 8.01. The lowest BCUT2D eigenvalue weighted by atomic mass is 9.96. The summed E-state index contributed by atoms with van der Waals surface area (Å²) >= 11 is 1.43. The Morgan fingerprint density at radius 3 is 2.69 bits per heavy atom. The van der Waals surface area contributed by atoms with Crippen LogP contribution in [-0.4, -0.2) is 41.0 Å². The number of nitrogens with one attached hydrogen (secondary N) is 2. The Balaban J connectivity index is 1.35. The number of piperidine rings is 1. The van der Waals surface area contributed by atoms with Crippen molar-refractivity contribution >= 4 is 40.9 Å². The molecular formula is C22H23N3O3S. The fourth-order valence-electron chi connectivity index (χ4n) is 3.70. The molecule has 4 rings (SSSR count). The number of para-hydroxylation sites is 2. The molecule has 0 aliphatic carbocycles. The lowest BCUT2D eigenvalue weighted by Gasteiger charge is -2.33. The van der Waals surface area contributed by atoms with Gasteiger partial charge in [0.2, 0.25) is 17.7 Å². The van der Waals surface area contributed by atoms with Gasteiger partial charge in [0.15, 0.2) is 0 Å². The van der Waals surface area contributed by atoms with E-state index in [1.165, 1.54) is 11.8 Å². The van der Waals surface area contributed by atoms with E-state index in [-0.39, 0.29) is 30.1 Å². The van der Waals surface area contributed by atoms with Crippen molar-refractivity contribution in [1.82, 2.24) is 4.90 Å². The molecular weight excluding hydrogens is 386 g/mol. The van der Waals surface area contributed by atoms with Crippen LogP contribution < -0.4 is 10.6 Å². The number of rotatable bonds is 4. The Morgan fingerprint density at radius 2 is 1.86 bits per heavy atom. The number of amides is 3. The van der Waals surface area contributed by atoms with E-state index < -0.39 is 5.25 Å². The van der Waals surface area contributed by atoms with E-state index in [9.17, 15) is 14.4 Å². The normalized spacial score (nSPS) is 21.1. The molecule has 2 aliphatic heterocycles. The summed E-state index contributed by atoms with van der Waals surface area (Å²) in [6.45, 7) is 1.02. The summed E-state index contributed by atoms with van der Waals surface area (Å²) in [7, 11) is 0. The van der Waals surface area contributed by atoms with E-state index in [1.54, 1.807) is 4.90 Å². The van der Waals surface area contributed by atoms with Crippen LogP contribution in [0.4, 0.5) is 11.4 Å². The molecule has 2 aromatic rings. The summed E-state index contributed by atoms with van der Waals surface area (Å²) in [4.78, 5) is 40.5. The van der Waals surface area contributed by atoms with E-state index in [4.69, 9.17) is 0 Å². The number of nitrogens with zero attached hydrogens (tertiary/aromatic N) is 1. The zero-order valence-corrected chi connectivity index (χ0v) is 16.8. The van der Waals surface area contributed by atoms with Gasteiger partial charge in [-0.1, -0.05) is 30.3 Å². The highest BCUT2D eigenvalue weighted by Crippen LogP contribution is 2.37. The molecule has 0 spiro atoms. The zero-order valence-electron chi connectivity index (χ0n) is 16.0. The molecule has 2 aromatic carbocycles. The minimum absolute atomic E-state index is 0.0626. The van der Waals surface area contributed by atoms with Crippen molar-refractivity contribution in [2.45, 2.75) is 29.4 Å². The Bertz CT molecular complexity index is 919. The third-order valence-electron chi connectivity index (χ3n) is 5.25. The van der Waals surface area contributed by atoms with Crippen molar-refractivity contribution in [3.05, 3.63) is 54.6 Å². The van der Waals surface area contributed by atoms with E-state index >= 15 is 0 Å². The average Bonchev–Trinajstić information content (AvgIpc) is 2.75. The third kappa shape index (κ3) is 4.62. The molecule has 6 nitrogen and oxygen atoms in total. The van der Waals surface area contributed by atoms with Gasteiger partial charge in [0, 0.05) is 30.1 Å². The maximum Gasteiger partial charge on any atom is 0.238 e. The monoisotopic (exact) mass is 409 g/mol. The van der Waals surface area contributed by atoms with Crippen molar-refractivity contribution in [3.8, 4) is 0 Å². The number of fused-ring (bicyclic) bond motifs is 1. The van der Waals surface area contributed by atoms with Crippen molar-refractivity contribution in [2.24, 2.45) is 5.92 Å². The zero-order chi connectivity index (χ0) is 20.2. The molecule has 3 amide bonds. The molecule has 150 valence electrons. The average molecular weight is 410 g/mol. The van der Waals surface area contributed by atoms with Gasteiger partial charge in [-0.15, -0.1) is 11.8 Å². The van der Waals surface area contributed by atoms with Crippen LogP contribution in [0, 0.1) is 5.92 Å². The van der Waals surface area contributed by atoms with Gasteiger partial charge >= 0.3 is 0 Å². The van der Waals surface area contributed by atoms with Crippen molar-refractivity contribution in [1.29, 1.82) is 0 Å². The van der Waals surface area contributed by atoms with Gasteiger partial charge in [0.25, 0.3) is 0 Å². The first-order valence-corrected chi connectivity index (χ1v) is 10.7. The first-order chi connectivity index (χ1) is 14.1. The number of thioether (sulfide) groups is 1. The third-order valence-corrected chi connectivity index (χ3v) is 6.53. The molecule has 0 saturated carbocycles. The Hall–Kier alpha value is -2.80. The Labute approximate surface area is 174 Å². The van der Waals surface area contributed by atoms with E-state index in [0.717, 1.165) is 29.1 Å². The molecule has 2 heterocycles. The fourth-order valence-corrected chi connectivity index (χ4v) is 4.80. The number of anilines is 2. The maximum absolute atomic E-state index is 12.9. The summed E-state index contributed by atoms with van der Waals surface area (Å²) in [6.07, 6.45) is 1.68. The molecule has 2 N–H and O–H groups in total. The second-order valence-electron chi connectivity index (χ2n) is 7.33. The predicted octanol–water partition coefficient (Wildman–Crippen LogP) is 3.37. The summed E-state index contributed by atoms with van der Waals surface area (Å²) in [5, 5.41) is 5.36. The predicted molar refractivity (Wildman–Crippen MR) is 114 cm³/mol. The minimum Gasteiger partial charge on any atom is -0.342 e. The second kappa shape index (κ2) is 8.69. The van der Waals surface area contributed by atoms with Gasteiger partial charge in [-0.3, -0.25) is 14.4 Å². The number of carbonyl (C=O) groups excluding carboxylic acids is 3. The first-order valence-electron chi connectivity index (χ1n) is 9.80. The molecule has 1 fully saturated rings. The van der Waals surface area contributed by atoms with Crippen LogP contribution in [-0.2, 0) is 14.4 Å². The molecule has 7 heteroatoms. The van der Waals surface area contributed by atoms with E-state index in [0.29, 0.717) is 13.1 Å². The summed E-state index contributed by atoms with van der Waals surface area (Å²) in [6, 6.07) is 16.9. The van der Waals surface area contributed by atoms with Crippen molar-refractivity contribution in [3.63, 3.8) is 0 Å². The van der Waals surface area contributed by atoms with Crippen molar-refractivity contribution < 1.29 is 14.4 Å². The van der Waals surface area contributed by atoms with Crippen LogP contribution >= 0.6 is 11.8 Å². The highest BCUT2D eigenvalue weighted by Gasteiger charge is 2.33.